The highest BCUT2D eigenvalue weighted by molar-refractivity contribution is 7.89. The molecule has 3 unspecified atom stereocenters. The van der Waals surface area contributed by atoms with Crippen LogP contribution in [0, 0.1) is 11.8 Å². The maximum Gasteiger partial charge on any atom is 0.211 e. The van der Waals surface area contributed by atoms with Crippen LogP contribution in [0.3, 0.4) is 0 Å². The number of allylic oxidation sites excluding steroid dienone is 1. The van der Waals surface area contributed by atoms with Crippen LogP contribution in [0.4, 0.5) is 0 Å². The van der Waals surface area contributed by atoms with Gasteiger partial charge in [-0.15, -0.1) is 0 Å². The summed E-state index contributed by atoms with van der Waals surface area (Å²) in [6.45, 7) is 5.13. The molecule has 2 rings (SSSR count). The van der Waals surface area contributed by atoms with Crippen molar-refractivity contribution in [1.29, 1.82) is 0 Å². The summed E-state index contributed by atoms with van der Waals surface area (Å²) >= 11 is 0. The number of hydrogen-bond acceptors (Lipinski definition) is 3. The summed E-state index contributed by atoms with van der Waals surface area (Å²) in [5.41, 5.74) is 1.63. The molecular formula is C14H26N2O2S. The molecule has 110 valence electrons. The highest BCUT2D eigenvalue weighted by Gasteiger charge is 2.32. The molecule has 1 saturated carbocycles. The molecule has 4 nitrogen and oxygen atoms in total. The lowest BCUT2D eigenvalue weighted by Gasteiger charge is -2.39. The zero-order valence-corrected chi connectivity index (χ0v) is 12.8. The van der Waals surface area contributed by atoms with Gasteiger partial charge in [0.25, 0.3) is 0 Å². The van der Waals surface area contributed by atoms with Crippen LogP contribution in [0.5, 0.6) is 0 Å². The fraction of sp³-hybridized carbons (Fsp3) is 0.857. The Morgan fingerprint density at radius 1 is 1.37 bits per heavy atom. The Morgan fingerprint density at radius 3 is 2.89 bits per heavy atom. The lowest BCUT2D eigenvalue weighted by molar-refractivity contribution is 0.243. The van der Waals surface area contributed by atoms with Gasteiger partial charge in [0.2, 0.25) is 10.0 Å². The molecule has 0 aromatic carbocycles. The number of rotatable bonds is 6. The highest BCUT2D eigenvalue weighted by atomic mass is 32.2. The van der Waals surface area contributed by atoms with Crippen molar-refractivity contribution in [2.75, 3.05) is 18.8 Å². The summed E-state index contributed by atoms with van der Waals surface area (Å²) in [5.74, 6) is 1.46. The Kier molecular flexibility index (Phi) is 5.03. The van der Waals surface area contributed by atoms with E-state index in [2.05, 4.69) is 23.0 Å². The fourth-order valence-electron chi connectivity index (χ4n) is 3.39. The summed E-state index contributed by atoms with van der Waals surface area (Å²) < 4.78 is 25.3. The third-order valence-corrected chi connectivity index (χ3v) is 5.78. The van der Waals surface area contributed by atoms with E-state index in [1.807, 2.05) is 0 Å². The molecular weight excluding hydrogens is 260 g/mol. The van der Waals surface area contributed by atoms with E-state index in [0.717, 1.165) is 5.92 Å². The zero-order valence-electron chi connectivity index (χ0n) is 12.0. The number of sulfonamides is 1. The second-order valence-corrected chi connectivity index (χ2v) is 7.91. The molecule has 2 aliphatic rings. The van der Waals surface area contributed by atoms with Gasteiger partial charge in [0.05, 0.1) is 5.75 Å². The lowest BCUT2D eigenvalue weighted by Crippen LogP contribution is -2.46. The highest BCUT2D eigenvalue weighted by Crippen LogP contribution is 2.38. The molecule has 19 heavy (non-hydrogen) atoms. The molecule has 0 saturated heterocycles. The van der Waals surface area contributed by atoms with Gasteiger partial charge in [-0.2, -0.15) is 0 Å². The van der Waals surface area contributed by atoms with Crippen LogP contribution in [0.2, 0.25) is 0 Å². The molecule has 0 heterocycles. The number of hydrogen-bond donors (Lipinski definition) is 2. The van der Waals surface area contributed by atoms with Crippen LogP contribution in [0.1, 0.15) is 39.5 Å². The van der Waals surface area contributed by atoms with Crippen LogP contribution >= 0.6 is 0 Å². The van der Waals surface area contributed by atoms with E-state index in [4.69, 9.17) is 0 Å². The molecule has 3 atom stereocenters. The van der Waals surface area contributed by atoms with Gasteiger partial charge in [-0.25, -0.2) is 13.1 Å². The molecule has 0 radical (unpaired) electrons. The second-order valence-electron chi connectivity index (χ2n) is 5.82. The van der Waals surface area contributed by atoms with Crippen LogP contribution in [0.15, 0.2) is 11.6 Å². The second kappa shape index (κ2) is 6.37. The fourth-order valence-corrected chi connectivity index (χ4v) is 4.01. The Balaban J connectivity index is 1.80. The predicted octanol–water partition coefficient (Wildman–Crippen LogP) is 1.65. The van der Waals surface area contributed by atoms with E-state index in [1.165, 1.54) is 25.7 Å². The first kappa shape index (κ1) is 15.0. The Bertz CT molecular complexity index is 431. The molecule has 5 heteroatoms. The van der Waals surface area contributed by atoms with Crippen LogP contribution in [-0.4, -0.2) is 33.3 Å². The van der Waals surface area contributed by atoms with Crippen molar-refractivity contribution in [1.82, 2.24) is 10.0 Å². The normalized spacial score (nSPS) is 31.1. The smallest absolute Gasteiger partial charge is 0.211 e. The van der Waals surface area contributed by atoms with Gasteiger partial charge in [-0.1, -0.05) is 18.6 Å². The minimum absolute atomic E-state index is 0.154. The summed E-state index contributed by atoms with van der Waals surface area (Å²) in [6, 6.07) is 0.509. The molecule has 2 aliphatic carbocycles. The monoisotopic (exact) mass is 286 g/mol. The third kappa shape index (κ3) is 4.04. The summed E-state index contributed by atoms with van der Waals surface area (Å²) in [6.07, 6.45) is 7.56. The van der Waals surface area contributed by atoms with E-state index < -0.39 is 10.0 Å². The molecule has 1 fully saturated rings. The Morgan fingerprint density at radius 2 is 2.16 bits per heavy atom. The van der Waals surface area contributed by atoms with Crippen LogP contribution in [0.25, 0.3) is 0 Å². The molecule has 0 spiro atoms. The van der Waals surface area contributed by atoms with Crippen molar-refractivity contribution < 1.29 is 8.42 Å². The van der Waals surface area contributed by atoms with E-state index in [-0.39, 0.29) is 5.75 Å². The zero-order chi connectivity index (χ0) is 13.9. The van der Waals surface area contributed by atoms with Gasteiger partial charge in [0.15, 0.2) is 0 Å². The van der Waals surface area contributed by atoms with E-state index >= 15 is 0 Å². The van der Waals surface area contributed by atoms with Crippen molar-refractivity contribution >= 4 is 10.0 Å². The molecule has 2 bridgehead atoms. The minimum atomic E-state index is -3.05. The van der Waals surface area contributed by atoms with Gasteiger partial charge < -0.3 is 5.32 Å². The maximum atomic E-state index is 11.3. The Labute approximate surface area is 117 Å². The van der Waals surface area contributed by atoms with E-state index in [0.29, 0.717) is 25.0 Å². The molecule has 0 aromatic heterocycles. The average molecular weight is 286 g/mol. The quantitative estimate of drug-likeness (QED) is 0.576. The maximum absolute atomic E-state index is 11.3. The molecule has 0 amide bonds. The first-order valence-corrected chi connectivity index (χ1v) is 9.07. The number of nitrogens with one attached hydrogen (secondary N) is 2. The topological polar surface area (TPSA) is 58.2 Å². The van der Waals surface area contributed by atoms with Crippen LogP contribution < -0.4 is 10.0 Å². The van der Waals surface area contributed by atoms with Crippen molar-refractivity contribution in [3.05, 3.63) is 11.6 Å². The largest absolute Gasteiger partial charge is 0.312 e. The summed E-state index contributed by atoms with van der Waals surface area (Å²) in [5, 5.41) is 3.55. The van der Waals surface area contributed by atoms with Crippen LogP contribution in [-0.2, 0) is 10.0 Å². The average Bonchev–Trinajstić information content (AvgIpc) is 2.37. The Hall–Kier alpha value is -0.390. The van der Waals surface area contributed by atoms with Gasteiger partial charge in [0.1, 0.15) is 0 Å². The molecule has 0 aliphatic heterocycles. The van der Waals surface area contributed by atoms with Gasteiger partial charge in [0, 0.05) is 19.1 Å². The van der Waals surface area contributed by atoms with Gasteiger partial charge >= 0.3 is 0 Å². The SMILES string of the molecule is CCS(=O)(=O)NCCNC1C(C)C=C2CCCC1C2. The van der Waals surface area contributed by atoms with Crippen molar-refractivity contribution in [3.63, 3.8) is 0 Å². The lowest BCUT2D eigenvalue weighted by atomic mass is 9.71. The van der Waals surface area contributed by atoms with E-state index in [1.54, 1.807) is 12.5 Å². The minimum Gasteiger partial charge on any atom is -0.312 e. The molecule has 0 aromatic rings. The van der Waals surface area contributed by atoms with E-state index in [9.17, 15) is 8.42 Å². The predicted molar refractivity (Wildman–Crippen MR) is 78.5 cm³/mol. The van der Waals surface area contributed by atoms with Crippen molar-refractivity contribution in [2.45, 2.75) is 45.6 Å². The standard InChI is InChI=1S/C14H26N2O2S/c1-3-19(17,18)16-8-7-15-14-11(2)9-12-5-4-6-13(14)10-12/h9,11,13-16H,3-8,10H2,1-2H3. The summed E-state index contributed by atoms with van der Waals surface area (Å²) in [7, 11) is -3.05. The summed E-state index contributed by atoms with van der Waals surface area (Å²) in [4.78, 5) is 0. The van der Waals surface area contributed by atoms with Gasteiger partial charge in [-0.05, 0) is 44.4 Å². The number of fused-ring (bicyclic) bond motifs is 2. The van der Waals surface area contributed by atoms with Gasteiger partial charge in [-0.3, -0.25) is 0 Å². The first-order valence-electron chi connectivity index (χ1n) is 7.42. The molecule has 2 N–H and O–H groups in total. The van der Waals surface area contributed by atoms with Crippen molar-refractivity contribution in [2.24, 2.45) is 11.8 Å². The van der Waals surface area contributed by atoms with Crippen molar-refractivity contribution in [3.8, 4) is 0 Å². The third-order valence-electron chi connectivity index (χ3n) is 4.38. The first-order chi connectivity index (χ1) is 9.02.